The zero-order chi connectivity index (χ0) is 52.9. The minimum Gasteiger partial charge on any atom is -0.337 e. The summed E-state index contributed by atoms with van der Waals surface area (Å²) in [6.45, 7) is 13.7. The molecule has 3 aromatic carbocycles. The van der Waals surface area contributed by atoms with Crippen LogP contribution in [-0.2, 0) is 6.54 Å². The van der Waals surface area contributed by atoms with Gasteiger partial charge in [-0.05, 0) is 101 Å². The molecule has 0 bridgehead atoms. The van der Waals surface area contributed by atoms with Crippen molar-refractivity contribution < 1.29 is 17.6 Å². The molecule has 76 heavy (non-hydrogen) atoms. The molecule has 0 spiro atoms. The number of aromatic amines is 4. The average molecular weight is 1050 g/mol. The Morgan fingerprint density at radius 2 is 1.22 bits per heavy atom. The van der Waals surface area contributed by atoms with Gasteiger partial charge in [0.25, 0.3) is 0 Å². The van der Waals surface area contributed by atoms with Crippen LogP contribution in [0.4, 0.5) is 17.6 Å². The van der Waals surface area contributed by atoms with Crippen molar-refractivity contribution in [1.82, 2.24) is 65.6 Å². The van der Waals surface area contributed by atoms with Crippen molar-refractivity contribution in [1.29, 1.82) is 0 Å². The van der Waals surface area contributed by atoms with Crippen molar-refractivity contribution in [2.24, 2.45) is 5.92 Å². The number of halogens is 4. The standard InChI is InChI=1S/C32H26F2N6S.C21H11F2N7S.C4H10/c1-3-19(17-35-18-20-8-6-5-7-9-20)14-21(4-2)22-15-23-28(24(33)16-22)39-40-29(23)32-37-25-12-13-36-31(30(25)38-32)26-10-11-27(34)41-26;22-13-6-10(11-7-24-9-25-8-11)5-12-17(13)29-30-18(12)21-27-14-3-4-26-20(19(14)28-21)15-1-2-16(23)31-15;1-4(2)3/h3-16,35H,1,17-18H2,2H3,(H,37,38)(H,39,40);1-9H,(H,27,28)(H,29,30);4H,1-3H3/b19-14+,21-4+;;. The van der Waals surface area contributed by atoms with Gasteiger partial charge in [0.05, 0.1) is 20.8 Å². The van der Waals surface area contributed by atoms with Crippen molar-refractivity contribution in [3.05, 3.63) is 186 Å². The van der Waals surface area contributed by atoms with Gasteiger partial charge in [-0.3, -0.25) is 20.2 Å². The maximum absolute atomic E-state index is 15.3. The van der Waals surface area contributed by atoms with Crippen LogP contribution in [0.3, 0.4) is 0 Å². The monoisotopic (exact) mass is 1050 g/mol. The van der Waals surface area contributed by atoms with Crippen molar-refractivity contribution in [2.45, 2.75) is 34.2 Å². The minimum absolute atomic E-state index is 0.203. The molecule has 0 atom stereocenters. The summed E-state index contributed by atoms with van der Waals surface area (Å²) in [5, 5.41) is 18.2. The lowest BCUT2D eigenvalue weighted by molar-refractivity contribution is 0.635. The summed E-state index contributed by atoms with van der Waals surface area (Å²) >= 11 is 2.01. The minimum atomic E-state index is -0.466. The molecule has 9 aromatic heterocycles. The molecule has 0 aliphatic heterocycles. The highest BCUT2D eigenvalue weighted by molar-refractivity contribution is 7.14. The molecule has 0 amide bonds. The smallest absolute Gasteiger partial charge is 0.177 e. The highest BCUT2D eigenvalue weighted by Crippen LogP contribution is 2.37. The third kappa shape index (κ3) is 10.9. The topological polar surface area (TPSA) is 178 Å². The molecule has 12 rings (SSSR count). The number of nitrogens with one attached hydrogen (secondary N) is 5. The summed E-state index contributed by atoms with van der Waals surface area (Å²) in [6.07, 6.45) is 13.7. The predicted octanol–water partition coefficient (Wildman–Crippen LogP) is 14.4. The first kappa shape index (κ1) is 50.7. The summed E-state index contributed by atoms with van der Waals surface area (Å²) in [6, 6.07) is 26.5. The van der Waals surface area contributed by atoms with E-state index in [1.165, 1.54) is 36.2 Å². The number of pyridine rings is 2. The van der Waals surface area contributed by atoms with E-state index in [2.05, 4.69) is 100 Å². The second-order valence-electron chi connectivity index (χ2n) is 18.0. The van der Waals surface area contributed by atoms with Gasteiger partial charge in [0.2, 0.25) is 0 Å². The van der Waals surface area contributed by atoms with Crippen LogP contribution in [0.25, 0.3) is 105 Å². The molecule has 13 nitrogen and oxygen atoms in total. The van der Waals surface area contributed by atoms with Crippen molar-refractivity contribution in [3.8, 4) is 55.3 Å². The number of thiophene rings is 2. The second-order valence-corrected chi connectivity index (χ2v) is 20.1. The highest BCUT2D eigenvalue weighted by Gasteiger charge is 2.21. The molecule has 19 heteroatoms. The fourth-order valence-electron chi connectivity index (χ4n) is 8.31. The summed E-state index contributed by atoms with van der Waals surface area (Å²) in [4.78, 5) is 34.1. The number of H-pyrrole nitrogens is 4. The van der Waals surface area contributed by atoms with E-state index in [1.54, 1.807) is 55.1 Å². The maximum atomic E-state index is 15.3. The lowest BCUT2D eigenvalue weighted by Crippen LogP contribution is -2.15. The first-order chi connectivity index (χ1) is 36.9. The van der Waals surface area contributed by atoms with Crippen LogP contribution in [0.2, 0.25) is 0 Å². The van der Waals surface area contributed by atoms with Gasteiger partial charge >= 0.3 is 0 Å². The molecule has 0 saturated heterocycles. The van der Waals surface area contributed by atoms with E-state index in [1.807, 2.05) is 49.4 Å². The van der Waals surface area contributed by atoms with E-state index in [9.17, 15) is 13.2 Å². The molecule has 0 aliphatic carbocycles. The van der Waals surface area contributed by atoms with E-state index < -0.39 is 11.6 Å². The maximum Gasteiger partial charge on any atom is 0.177 e. The Kier molecular flexibility index (Phi) is 14.9. The highest BCUT2D eigenvalue weighted by atomic mass is 32.1. The summed E-state index contributed by atoms with van der Waals surface area (Å²) in [5.74, 6) is 0.887. The number of imidazole rings is 2. The molecule has 380 valence electrons. The lowest BCUT2D eigenvalue weighted by atomic mass is 10.00. The van der Waals surface area contributed by atoms with E-state index >= 15 is 4.39 Å². The Balaban J connectivity index is 0.000000167. The van der Waals surface area contributed by atoms with Gasteiger partial charge < -0.3 is 15.3 Å². The summed E-state index contributed by atoms with van der Waals surface area (Å²) in [7, 11) is 0. The molecule has 0 radical (unpaired) electrons. The molecule has 5 N–H and O–H groups in total. The van der Waals surface area contributed by atoms with Crippen LogP contribution in [0.5, 0.6) is 0 Å². The number of hydrogen-bond donors (Lipinski definition) is 5. The van der Waals surface area contributed by atoms with Crippen LogP contribution in [0, 0.1) is 27.8 Å². The normalized spacial score (nSPS) is 11.9. The van der Waals surface area contributed by atoms with E-state index in [0.29, 0.717) is 89.2 Å². The van der Waals surface area contributed by atoms with Crippen LogP contribution in [0.15, 0.2) is 152 Å². The first-order valence-electron chi connectivity index (χ1n) is 24.0. The first-order valence-corrected chi connectivity index (χ1v) is 25.6. The summed E-state index contributed by atoms with van der Waals surface area (Å²) < 4.78 is 57.3. The van der Waals surface area contributed by atoms with Crippen LogP contribution < -0.4 is 5.32 Å². The Morgan fingerprint density at radius 3 is 1.75 bits per heavy atom. The number of nitrogens with zero attached hydrogens (tertiary/aromatic N) is 8. The zero-order valence-corrected chi connectivity index (χ0v) is 43.0. The Morgan fingerprint density at radius 1 is 0.671 bits per heavy atom. The number of aromatic nitrogens is 12. The van der Waals surface area contributed by atoms with Gasteiger partial charge in [0, 0.05) is 54.2 Å². The fourth-order valence-corrected chi connectivity index (χ4v) is 9.76. The van der Waals surface area contributed by atoms with Crippen molar-refractivity contribution >= 4 is 72.1 Å². The van der Waals surface area contributed by atoms with E-state index in [4.69, 9.17) is 4.98 Å². The Bertz CT molecular complexity index is 4070. The van der Waals surface area contributed by atoms with Gasteiger partial charge in [0.15, 0.2) is 33.5 Å². The third-order valence-corrected chi connectivity index (χ3v) is 13.5. The van der Waals surface area contributed by atoms with Crippen LogP contribution >= 0.6 is 22.7 Å². The molecular weight excluding hydrogens is 1010 g/mol. The average Bonchev–Trinajstić information content (AvgIpc) is 4.30. The van der Waals surface area contributed by atoms with Gasteiger partial charge in [0.1, 0.15) is 51.2 Å². The van der Waals surface area contributed by atoms with E-state index in [-0.39, 0.29) is 21.3 Å². The largest absolute Gasteiger partial charge is 0.337 e. The number of hydrogen-bond acceptors (Lipinski definition) is 11. The molecular formula is C57H47F4N13S2. The van der Waals surface area contributed by atoms with Gasteiger partial charge in [-0.15, -0.1) is 22.7 Å². The number of allylic oxidation sites excluding steroid dienone is 3. The van der Waals surface area contributed by atoms with E-state index in [0.717, 1.165) is 57.3 Å². The molecule has 0 saturated carbocycles. The number of benzene rings is 3. The number of fused-ring (bicyclic) bond motifs is 4. The van der Waals surface area contributed by atoms with Gasteiger partial charge in [-0.1, -0.05) is 75.9 Å². The molecule has 0 aliphatic rings. The van der Waals surface area contributed by atoms with Crippen LogP contribution in [-0.4, -0.2) is 66.8 Å². The van der Waals surface area contributed by atoms with Crippen molar-refractivity contribution in [2.75, 3.05) is 6.54 Å². The number of rotatable bonds is 12. The lowest BCUT2D eigenvalue weighted by Gasteiger charge is -2.09. The summed E-state index contributed by atoms with van der Waals surface area (Å²) in [5.41, 5.74) is 10.3. The molecule has 0 fully saturated rings. The fraction of sp³-hybridized carbons (Fsp3) is 0.123. The van der Waals surface area contributed by atoms with Gasteiger partial charge in [-0.25, -0.2) is 28.7 Å². The molecule has 9 heterocycles. The second kappa shape index (κ2) is 22.4. The predicted molar refractivity (Wildman–Crippen MR) is 296 cm³/mol. The Labute approximate surface area is 440 Å². The Hall–Kier alpha value is -8.78. The van der Waals surface area contributed by atoms with Crippen molar-refractivity contribution in [3.63, 3.8) is 0 Å². The molecule has 12 aromatic rings. The molecule has 0 unspecified atom stereocenters. The SMILES string of the molecule is C=C/C(=C\C(=C/C)c1cc(F)c2n[nH]c(-c3nc4c(-c5ccc(F)s5)nccc4[nH]3)c2c1)CNCc1ccccc1.CC(C)C.Fc1ccc(-c2nccc3[nH]c(-c4[nH]nc5c(F)cc(-c6cncnc6)cc45)nc23)s1. The quantitative estimate of drug-likeness (QED) is 0.0588. The van der Waals surface area contributed by atoms with Crippen LogP contribution in [0.1, 0.15) is 38.8 Å². The van der Waals surface area contributed by atoms with Gasteiger partial charge in [-0.2, -0.15) is 19.0 Å². The third-order valence-electron chi connectivity index (χ3n) is 11.8. The zero-order valence-electron chi connectivity index (χ0n) is 41.4.